The van der Waals surface area contributed by atoms with E-state index < -0.39 is 0 Å². The van der Waals surface area contributed by atoms with Crippen LogP contribution in [0.25, 0.3) is 5.65 Å². The minimum absolute atomic E-state index is 0. The summed E-state index contributed by atoms with van der Waals surface area (Å²) in [6.07, 6.45) is 7.77. The van der Waals surface area contributed by atoms with E-state index in [1.807, 2.05) is 28.8 Å². The summed E-state index contributed by atoms with van der Waals surface area (Å²) in [5.74, 6) is 1.85. The minimum Gasteiger partial charge on any atom is -0.357 e. The third kappa shape index (κ3) is 6.62. The predicted octanol–water partition coefficient (Wildman–Crippen LogP) is 3.03. The van der Waals surface area contributed by atoms with Crippen LogP contribution < -0.4 is 10.6 Å². The first-order valence-corrected chi connectivity index (χ1v) is 8.66. The number of hydrogen-bond donors (Lipinski definition) is 2. The molecule has 0 aliphatic carbocycles. The van der Waals surface area contributed by atoms with Gasteiger partial charge in [-0.05, 0) is 25.5 Å². The average molecular weight is 444 g/mol. The Hall–Kier alpha value is -1.38. The summed E-state index contributed by atoms with van der Waals surface area (Å²) in [4.78, 5) is 4.62. The number of fused-ring (bicyclic) bond motifs is 1. The zero-order valence-corrected chi connectivity index (χ0v) is 17.0. The van der Waals surface area contributed by atoms with Gasteiger partial charge in [-0.3, -0.25) is 9.39 Å². The van der Waals surface area contributed by atoms with E-state index in [0.29, 0.717) is 0 Å². The highest BCUT2D eigenvalue weighted by Crippen LogP contribution is 2.03. The maximum absolute atomic E-state index is 4.62. The van der Waals surface area contributed by atoms with Gasteiger partial charge in [0.25, 0.3) is 0 Å². The summed E-state index contributed by atoms with van der Waals surface area (Å²) in [7, 11) is 0. The standard InChI is InChI=1S/C17H28N6.HI/c1-3-5-6-8-12-19-17(18-4-2)20-13-11-16-22-21-15-10-7-9-14-23(15)16;/h7,9-10,14H,3-6,8,11-13H2,1-2H3,(H2,18,19,20);1H. The molecule has 2 N–H and O–H groups in total. The summed E-state index contributed by atoms with van der Waals surface area (Å²) >= 11 is 0. The molecule has 6 nitrogen and oxygen atoms in total. The van der Waals surface area contributed by atoms with E-state index in [1.54, 1.807) is 0 Å². The molecular formula is C17H29IN6. The molecule has 2 heterocycles. The number of rotatable bonds is 9. The van der Waals surface area contributed by atoms with Gasteiger partial charge in [-0.2, -0.15) is 0 Å². The topological polar surface area (TPSA) is 66.6 Å². The summed E-state index contributed by atoms with van der Waals surface area (Å²) in [5, 5.41) is 15.1. The maximum atomic E-state index is 4.62. The van der Waals surface area contributed by atoms with Gasteiger partial charge in [0.05, 0.1) is 0 Å². The van der Waals surface area contributed by atoms with Crippen molar-refractivity contribution >= 4 is 35.6 Å². The Labute approximate surface area is 161 Å². The SMILES string of the molecule is CCCCCCN=C(NCC)NCCc1nnc2ccccn12.I. The highest BCUT2D eigenvalue weighted by atomic mass is 127. The molecule has 0 amide bonds. The number of aliphatic imine (C=N–C) groups is 1. The van der Waals surface area contributed by atoms with Crippen LogP contribution in [0.5, 0.6) is 0 Å². The maximum Gasteiger partial charge on any atom is 0.191 e. The second-order valence-electron chi connectivity index (χ2n) is 5.54. The van der Waals surface area contributed by atoms with Gasteiger partial charge in [0.2, 0.25) is 0 Å². The van der Waals surface area contributed by atoms with Crippen LogP contribution in [0, 0.1) is 0 Å². The van der Waals surface area contributed by atoms with Crippen molar-refractivity contribution in [3.8, 4) is 0 Å². The number of hydrogen-bond acceptors (Lipinski definition) is 3. The molecule has 0 unspecified atom stereocenters. The van der Waals surface area contributed by atoms with E-state index in [2.05, 4.69) is 39.7 Å². The molecule has 0 bridgehead atoms. The molecule has 134 valence electrons. The lowest BCUT2D eigenvalue weighted by molar-refractivity contribution is 0.670. The monoisotopic (exact) mass is 444 g/mol. The fourth-order valence-corrected chi connectivity index (χ4v) is 2.43. The number of pyridine rings is 1. The van der Waals surface area contributed by atoms with Crippen LogP contribution in [-0.2, 0) is 6.42 Å². The van der Waals surface area contributed by atoms with Crippen molar-refractivity contribution in [1.82, 2.24) is 25.2 Å². The van der Waals surface area contributed by atoms with Crippen LogP contribution in [-0.4, -0.2) is 40.2 Å². The highest BCUT2D eigenvalue weighted by Gasteiger charge is 2.04. The van der Waals surface area contributed by atoms with Crippen molar-refractivity contribution in [1.29, 1.82) is 0 Å². The average Bonchev–Trinajstić information content (AvgIpc) is 2.98. The first-order chi connectivity index (χ1) is 11.3. The van der Waals surface area contributed by atoms with Gasteiger partial charge in [0, 0.05) is 32.3 Å². The zero-order chi connectivity index (χ0) is 16.3. The molecule has 0 saturated carbocycles. The van der Waals surface area contributed by atoms with E-state index in [9.17, 15) is 0 Å². The van der Waals surface area contributed by atoms with E-state index in [-0.39, 0.29) is 24.0 Å². The van der Waals surface area contributed by atoms with Crippen molar-refractivity contribution in [2.24, 2.45) is 4.99 Å². The second-order valence-corrected chi connectivity index (χ2v) is 5.54. The van der Waals surface area contributed by atoms with Gasteiger partial charge in [0.1, 0.15) is 5.82 Å². The Morgan fingerprint density at radius 1 is 1.12 bits per heavy atom. The summed E-state index contributed by atoms with van der Waals surface area (Å²) in [6, 6.07) is 5.93. The lowest BCUT2D eigenvalue weighted by atomic mass is 10.2. The van der Waals surface area contributed by atoms with Crippen molar-refractivity contribution in [3.05, 3.63) is 30.2 Å². The van der Waals surface area contributed by atoms with Crippen LogP contribution in [0.15, 0.2) is 29.4 Å². The fourth-order valence-electron chi connectivity index (χ4n) is 2.43. The van der Waals surface area contributed by atoms with Crippen LogP contribution in [0.3, 0.4) is 0 Å². The molecule has 0 aromatic carbocycles. The fraction of sp³-hybridized carbons (Fsp3) is 0.588. The summed E-state index contributed by atoms with van der Waals surface area (Å²) in [6.45, 7) is 6.84. The van der Waals surface area contributed by atoms with E-state index in [1.165, 1.54) is 19.3 Å². The molecule has 7 heteroatoms. The van der Waals surface area contributed by atoms with Crippen LogP contribution in [0.1, 0.15) is 45.4 Å². The number of halogens is 1. The quantitative estimate of drug-likeness (QED) is 0.270. The number of unbranched alkanes of at least 4 members (excludes halogenated alkanes) is 3. The second kappa shape index (κ2) is 12.0. The zero-order valence-electron chi connectivity index (χ0n) is 14.7. The van der Waals surface area contributed by atoms with Gasteiger partial charge < -0.3 is 10.6 Å². The van der Waals surface area contributed by atoms with Gasteiger partial charge in [-0.15, -0.1) is 34.2 Å². The summed E-state index contributed by atoms with van der Waals surface area (Å²) in [5.41, 5.74) is 0.888. The van der Waals surface area contributed by atoms with Crippen LogP contribution >= 0.6 is 24.0 Å². The first kappa shape index (κ1) is 20.7. The molecule has 0 spiro atoms. The van der Waals surface area contributed by atoms with Gasteiger partial charge in [-0.1, -0.05) is 32.3 Å². The van der Waals surface area contributed by atoms with E-state index in [4.69, 9.17) is 0 Å². The molecule has 0 fully saturated rings. The van der Waals surface area contributed by atoms with E-state index in [0.717, 1.165) is 49.9 Å². The Morgan fingerprint density at radius 3 is 2.79 bits per heavy atom. The van der Waals surface area contributed by atoms with Gasteiger partial charge >= 0.3 is 0 Å². The minimum atomic E-state index is 0. The van der Waals surface area contributed by atoms with Gasteiger partial charge in [0.15, 0.2) is 11.6 Å². The first-order valence-electron chi connectivity index (χ1n) is 8.66. The van der Waals surface area contributed by atoms with Crippen molar-refractivity contribution < 1.29 is 0 Å². The number of nitrogens with zero attached hydrogens (tertiary/aromatic N) is 4. The molecule has 2 rings (SSSR count). The molecule has 0 saturated heterocycles. The van der Waals surface area contributed by atoms with Crippen LogP contribution in [0.2, 0.25) is 0 Å². The molecular weight excluding hydrogens is 415 g/mol. The van der Waals surface area contributed by atoms with Gasteiger partial charge in [-0.25, -0.2) is 0 Å². The van der Waals surface area contributed by atoms with Crippen LogP contribution in [0.4, 0.5) is 0 Å². The molecule has 24 heavy (non-hydrogen) atoms. The molecule has 0 aliphatic rings. The lowest BCUT2D eigenvalue weighted by Crippen LogP contribution is -2.38. The lowest BCUT2D eigenvalue weighted by Gasteiger charge is -2.10. The predicted molar refractivity (Wildman–Crippen MR) is 110 cm³/mol. The molecule has 0 aliphatic heterocycles. The normalized spacial score (nSPS) is 11.3. The van der Waals surface area contributed by atoms with Crippen molar-refractivity contribution in [2.45, 2.75) is 46.0 Å². The molecule has 2 aromatic heterocycles. The Bertz CT molecular complexity index is 610. The third-order valence-electron chi connectivity index (χ3n) is 3.65. The van der Waals surface area contributed by atoms with Crippen molar-refractivity contribution in [3.63, 3.8) is 0 Å². The summed E-state index contributed by atoms with van der Waals surface area (Å²) < 4.78 is 2.02. The number of nitrogens with one attached hydrogen (secondary N) is 2. The Balaban J connectivity index is 0.00000288. The number of guanidine groups is 1. The Morgan fingerprint density at radius 2 is 2.00 bits per heavy atom. The number of aromatic nitrogens is 3. The van der Waals surface area contributed by atoms with E-state index >= 15 is 0 Å². The molecule has 0 atom stereocenters. The smallest absolute Gasteiger partial charge is 0.191 e. The third-order valence-corrected chi connectivity index (χ3v) is 3.65. The molecule has 0 radical (unpaired) electrons. The highest BCUT2D eigenvalue weighted by molar-refractivity contribution is 14.0. The van der Waals surface area contributed by atoms with Crippen molar-refractivity contribution in [2.75, 3.05) is 19.6 Å². The largest absolute Gasteiger partial charge is 0.357 e. The Kier molecular flexibility index (Phi) is 10.4. The molecule has 2 aromatic rings.